The summed E-state index contributed by atoms with van der Waals surface area (Å²) in [6.07, 6.45) is 4.73. The van der Waals surface area contributed by atoms with Gasteiger partial charge in [0.25, 0.3) is 0 Å². The second kappa shape index (κ2) is 8.34. The Kier molecular flexibility index (Phi) is 5.91. The summed E-state index contributed by atoms with van der Waals surface area (Å²) in [4.78, 5) is 9.39. The highest BCUT2D eigenvalue weighted by Crippen LogP contribution is 2.22. The molecular formula is C20H30N4. The second-order valence-corrected chi connectivity index (χ2v) is 6.77. The Morgan fingerprint density at radius 1 is 1.25 bits per heavy atom. The van der Waals surface area contributed by atoms with Crippen molar-refractivity contribution in [3.05, 3.63) is 42.0 Å². The first-order valence-electron chi connectivity index (χ1n) is 9.22. The first-order valence-corrected chi connectivity index (χ1v) is 9.22. The van der Waals surface area contributed by atoms with Crippen LogP contribution in [-0.4, -0.2) is 62.1 Å². The molecule has 1 aromatic rings. The van der Waals surface area contributed by atoms with Crippen LogP contribution in [0.15, 0.2) is 41.4 Å². The lowest BCUT2D eigenvalue weighted by Crippen LogP contribution is -2.45. The maximum Gasteiger partial charge on any atom is 0.193 e. The van der Waals surface area contributed by atoms with Gasteiger partial charge in [-0.3, -0.25) is 4.99 Å². The van der Waals surface area contributed by atoms with Crippen LogP contribution in [-0.2, 0) is 0 Å². The molecule has 1 saturated heterocycles. The van der Waals surface area contributed by atoms with Crippen LogP contribution in [0, 0.1) is 5.92 Å². The molecule has 0 spiro atoms. The number of rotatable bonds is 4. The number of nitrogens with zero attached hydrogens (tertiary/aromatic N) is 3. The van der Waals surface area contributed by atoms with E-state index in [0.717, 1.165) is 37.9 Å². The Labute approximate surface area is 146 Å². The number of guanidine groups is 1. The van der Waals surface area contributed by atoms with Crippen molar-refractivity contribution >= 4 is 11.5 Å². The molecule has 1 atom stereocenters. The highest BCUT2D eigenvalue weighted by atomic mass is 15.3. The van der Waals surface area contributed by atoms with Gasteiger partial charge in [-0.2, -0.15) is 0 Å². The fraction of sp³-hybridized carbons (Fsp3) is 0.550. The summed E-state index contributed by atoms with van der Waals surface area (Å²) in [6.45, 7) is 8.90. The molecule has 1 unspecified atom stereocenters. The molecule has 24 heavy (non-hydrogen) atoms. The number of hydrogen-bond donors (Lipinski definition) is 1. The molecule has 0 saturated carbocycles. The van der Waals surface area contributed by atoms with E-state index in [2.05, 4.69) is 63.4 Å². The van der Waals surface area contributed by atoms with Gasteiger partial charge in [-0.05, 0) is 43.0 Å². The minimum Gasteiger partial charge on any atom is -0.356 e. The molecule has 2 aliphatic heterocycles. The summed E-state index contributed by atoms with van der Waals surface area (Å²) in [5.74, 6) is 1.80. The van der Waals surface area contributed by atoms with Crippen LogP contribution in [0.2, 0.25) is 0 Å². The van der Waals surface area contributed by atoms with Crippen LogP contribution in [0.3, 0.4) is 0 Å². The van der Waals surface area contributed by atoms with Crippen LogP contribution >= 0.6 is 0 Å². The third-order valence-electron chi connectivity index (χ3n) is 5.23. The van der Waals surface area contributed by atoms with Crippen molar-refractivity contribution in [2.45, 2.75) is 19.8 Å². The van der Waals surface area contributed by atoms with E-state index in [1.807, 2.05) is 7.05 Å². The van der Waals surface area contributed by atoms with Gasteiger partial charge in [0, 0.05) is 33.2 Å². The van der Waals surface area contributed by atoms with Crippen LogP contribution < -0.4 is 5.32 Å². The smallest absolute Gasteiger partial charge is 0.193 e. The summed E-state index contributed by atoms with van der Waals surface area (Å²) in [7, 11) is 1.89. The van der Waals surface area contributed by atoms with E-state index in [4.69, 9.17) is 0 Å². The van der Waals surface area contributed by atoms with Crippen molar-refractivity contribution in [1.29, 1.82) is 0 Å². The molecule has 4 nitrogen and oxygen atoms in total. The molecule has 0 aromatic heterocycles. The van der Waals surface area contributed by atoms with Gasteiger partial charge < -0.3 is 15.1 Å². The molecule has 1 fully saturated rings. The van der Waals surface area contributed by atoms with Crippen LogP contribution in [0.1, 0.15) is 25.3 Å². The van der Waals surface area contributed by atoms with Gasteiger partial charge in [-0.25, -0.2) is 0 Å². The van der Waals surface area contributed by atoms with Crippen molar-refractivity contribution in [2.75, 3.05) is 46.3 Å². The van der Waals surface area contributed by atoms with Crippen LogP contribution in [0.4, 0.5) is 0 Å². The van der Waals surface area contributed by atoms with Crippen LogP contribution in [0.25, 0.3) is 5.57 Å². The average molecular weight is 326 g/mol. The van der Waals surface area contributed by atoms with Crippen LogP contribution in [0.5, 0.6) is 0 Å². The Morgan fingerprint density at radius 3 is 2.71 bits per heavy atom. The maximum absolute atomic E-state index is 4.50. The van der Waals surface area contributed by atoms with E-state index in [0.29, 0.717) is 0 Å². The molecule has 0 bridgehead atoms. The van der Waals surface area contributed by atoms with E-state index in [1.165, 1.54) is 37.2 Å². The number of aliphatic imine (C=N–C) groups is 1. The van der Waals surface area contributed by atoms with Gasteiger partial charge in [0.1, 0.15) is 0 Å². The molecule has 2 heterocycles. The zero-order chi connectivity index (χ0) is 16.8. The Morgan fingerprint density at radius 2 is 2.08 bits per heavy atom. The Hall–Kier alpha value is -1.81. The predicted octanol–water partition coefficient (Wildman–Crippen LogP) is 2.69. The molecule has 0 amide bonds. The molecule has 2 aliphatic rings. The SMILES string of the molecule is CCN1CCC(CNC(=NC)N2CC=C(c3ccccc3)CC2)C1. The third kappa shape index (κ3) is 4.18. The normalized spacial score (nSPS) is 22.6. The van der Waals surface area contributed by atoms with Crippen molar-refractivity contribution in [1.82, 2.24) is 15.1 Å². The zero-order valence-corrected chi connectivity index (χ0v) is 15.0. The second-order valence-electron chi connectivity index (χ2n) is 6.77. The van der Waals surface area contributed by atoms with Crippen molar-refractivity contribution in [2.24, 2.45) is 10.9 Å². The minimum absolute atomic E-state index is 0.752. The third-order valence-corrected chi connectivity index (χ3v) is 5.23. The Balaban J connectivity index is 1.51. The minimum atomic E-state index is 0.752. The first kappa shape index (κ1) is 17.0. The fourth-order valence-electron chi connectivity index (χ4n) is 3.71. The number of likely N-dealkylation sites (tertiary alicyclic amines) is 1. The lowest BCUT2D eigenvalue weighted by atomic mass is 10.00. The lowest BCUT2D eigenvalue weighted by molar-refractivity contribution is 0.340. The average Bonchev–Trinajstić information content (AvgIpc) is 3.12. The Bertz CT molecular complexity index is 579. The summed E-state index contributed by atoms with van der Waals surface area (Å²) in [6, 6.07) is 10.7. The van der Waals surface area contributed by atoms with E-state index >= 15 is 0 Å². The first-order chi connectivity index (χ1) is 11.8. The van der Waals surface area contributed by atoms with Gasteiger partial charge in [0.05, 0.1) is 0 Å². The fourth-order valence-corrected chi connectivity index (χ4v) is 3.71. The summed E-state index contributed by atoms with van der Waals surface area (Å²) < 4.78 is 0. The van der Waals surface area contributed by atoms with Crippen molar-refractivity contribution in [3.63, 3.8) is 0 Å². The van der Waals surface area contributed by atoms with Gasteiger partial charge in [0.2, 0.25) is 0 Å². The summed E-state index contributed by atoms with van der Waals surface area (Å²) in [5.41, 5.74) is 2.81. The number of nitrogens with one attached hydrogen (secondary N) is 1. The largest absolute Gasteiger partial charge is 0.356 e. The number of benzene rings is 1. The lowest BCUT2D eigenvalue weighted by Gasteiger charge is -2.30. The monoisotopic (exact) mass is 326 g/mol. The molecule has 1 N–H and O–H groups in total. The molecule has 3 rings (SSSR count). The van der Waals surface area contributed by atoms with Crippen molar-refractivity contribution < 1.29 is 0 Å². The predicted molar refractivity (Wildman–Crippen MR) is 102 cm³/mol. The molecular weight excluding hydrogens is 296 g/mol. The van der Waals surface area contributed by atoms with E-state index in [9.17, 15) is 0 Å². The molecule has 1 aromatic carbocycles. The van der Waals surface area contributed by atoms with E-state index in [-0.39, 0.29) is 0 Å². The zero-order valence-electron chi connectivity index (χ0n) is 15.0. The van der Waals surface area contributed by atoms with E-state index < -0.39 is 0 Å². The summed E-state index contributed by atoms with van der Waals surface area (Å²) in [5, 5.41) is 3.60. The molecule has 0 radical (unpaired) electrons. The maximum atomic E-state index is 4.50. The van der Waals surface area contributed by atoms with Gasteiger partial charge in [-0.1, -0.05) is 43.3 Å². The van der Waals surface area contributed by atoms with Gasteiger partial charge >= 0.3 is 0 Å². The van der Waals surface area contributed by atoms with Gasteiger partial charge in [0.15, 0.2) is 5.96 Å². The van der Waals surface area contributed by atoms with Gasteiger partial charge in [-0.15, -0.1) is 0 Å². The van der Waals surface area contributed by atoms with E-state index in [1.54, 1.807) is 0 Å². The number of hydrogen-bond acceptors (Lipinski definition) is 2. The molecule has 0 aliphatic carbocycles. The highest BCUT2D eigenvalue weighted by Gasteiger charge is 2.22. The summed E-state index contributed by atoms with van der Waals surface area (Å²) >= 11 is 0. The highest BCUT2D eigenvalue weighted by molar-refractivity contribution is 5.81. The quantitative estimate of drug-likeness (QED) is 0.682. The molecule has 130 valence electrons. The molecule has 4 heteroatoms. The topological polar surface area (TPSA) is 30.9 Å². The van der Waals surface area contributed by atoms with Crippen molar-refractivity contribution in [3.8, 4) is 0 Å². The standard InChI is InChI=1S/C20H30N4/c1-3-23-12-9-17(16-23)15-22-20(21-2)24-13-10-19(11-14-24)18-7-5-4-6-8-18/h4-8,10,17H,3,9,11-16H2,1-2H3,(H,21,22).